The molecule has 1 aliphatic heterocycles. The highest BCUT2D eigenvalue weighted by atomic mass is 127. The van der Waals surface area contributed by atoms with Gasteiger partial charge in [0.05, 0.1) is 6.54 Å². The lowest BCUT2D eigenvalue weighted by Gasteiger charge is -2.33. The molecule has 0 radical (unpaired) electrons. The van der Waals surface area contributed by atoms with Crippen molar-refractivity contribution in [2.45, 2.75) is 33.2 Å². The SMILES string of the molecule is CCNC(=NCc1ccc(C(N)=O)cc1)N1CCC(C)CC1.I. The van der Waals surface area contributed by atoms with Crippen molar-refractivity contribution >= 4 is 35.8 Å². The smallest absolute Gasteiger partial charge is 0.248 e. The van der Waals surface area contributed by atoms with Crippen molar-refractivity contribution in [3.63, 3.8) is 0 Å². The first-order chi connectivity index (χ1) is 10.6. The van der Waals surface area contributed by atoms with E-state index in [1.807, 2.05) is 12.1 Å². The summed E-state index contributed by atoms with van der Waals surface area (Å²) in [5.74, 6) is 1.39. The Morgan fingerprint density at radius 2 is 1.91 bits per heavy atom. The summed E-state index contributed by atoms with van der Waals surface area (Å²) >= 11 is 0. The number of nitrogens with zero attached hydrogens (tertiary/aromatic N) is 2. The van der Waals surface area contributed by atoms with Crippen LogP contribution in [0.1, 0.15) is 42.6 Å². The van der Waals surface area contributed by atoms with Gasteiger partial charge in [-0.25, -0.2) is 4.99 Å². The zero-order valence-electron chi connectivity index (χ0n) is 13.9. The molecule has 1 fully saturated rings. The second-order valence-electron chi connectivity index (χ2n) is 5.90. The largest absolute Gasteiger partial charge is 0.366 e. The summed E-state index contributed by atoms with van der Waals surface area (Å²) < 4.78 is 0. The first kappa shape index (κ1) is 19.7. The van der Waals surface area contributed by atoms with Crippen LogP contribution in [0.4, 0.5) is 0 Å². The number of aliphatic imine (C=N–C) groups is 1. The van der Waals surface area contributed by atoms with Crippen LogP contribution >= 0.6 is 24.0 Å². The number of piperidine rings is 1. The van der Waals surface area contributed by atoms with Gasteiger partial charge >= 0.3 is 0 Å². The van der Waals surface area contributed by atoms with Crippen LogP contribution in [0, 0.1) is 5.92 Å². The van der Waals surface area contributed by atoms with Crippen LogP contribution in [-0.4, -0.2) is 36.4 Å². The van der Waals surface area contributed by atoms with E-state index in [4.69, 9.17) is 10.7 Å². The van der Waals surface area contributed by atoms with Gasteiger partial charge in [-0.2, -0.15) is 0 Å². The molecule has 23 heavy (non-hydrogen) atoms. The Labute approximate surface area is 155 Å². The number of benzene rings is 1. The van der Waals surface area contributed by atoms with Gasteiger partial charge in [0.15, 0.2) is 5.96 Å². The number of hydrogen-bond acceptors (Lipinski definition) is 2. The Balaban J connectivity index is 0.00000264. The molecule has 2 rings (SSSR count). The highest BCUT2D eigenvalue weighted by molar-refractivity contribution is 14.0. The standard InChI is InChI=1S/C17H26N4O.HI/c1-3-19-17(21-10-8-13(2)9-11-21)20-12-14-4-6-15(7-5-14)16(18)22;/h4-7,13H,3,8-12H2,1-2H3,(H2,18,22)(H,19,20);1H. The monoisotopic (exact) mass is 430 g/mol. The maximum absolute atomic E-state index is 11.1. The molecular weight excluding hydrogens is 403 g/mol. The third-order valence-corrected chi connectivity index (χ3v) is 4.07. The molecule has 1 heterocycles. The zero-order chi connectivity index (χ0) is 15.9. The summed E-state index contributed by atoms with van der Waals surface area (Å²) in [6, 6.07) is 7.32. The van der Waals surface area contributed by atoms with Crippen molar-refractivity contribution in [3.05, 3.63) is 35.4 Å². The minimum Gasteiger partial charge on any atom is -0.366 e. The Hall–Kier alpha value is -1.31. The van der Waals surface area contributed by atoms with Crippen molar-refractivity contribution < 1.29 is 4.79 Å². The van der Waals surface area contributed by atoms with E-state index >= 15 is 0 Å². The molecule has 6 heteroatoms. The lowest BCUT2D eigenvalue weighted by molar-refractivity contribution is 0.100. The third-order valence-electron chi connectivity index (χ3n) is 4.07. The van der Waals surface area contributed by atoms with E-state index in [-0.39, 0.29) is 24.0 Å². The van der Waals surface area contributed by atoms with Gasteiger partial charge in [-0.3, -0.25) is 4.79 Å². The first-order valence-electron chi connectivity index (χ1n) is 8.02. The van der Waals surface area contributed by atoms with Crippen LogP contribution in [0.15, 0.2) is 29.3 Å². The van der Waals surface area contributed by atoms with Crippen molar-refractivity contribution in [1.29, 1.82) is 0 Å². The fraction of sp³-hybridized carbons (Fsp3) is 0.529. The molecule has 0 spiro atoms. The average Bonchev–Trinajstić information content (AvgIpc) is 2.53. The van der Waals surface area contributed by atoms with E-state index in [1.54, 1.807) is 12.1 Å². The van der Waals surface area contributed by atoms with E-state index in [1.165, 1.54) is 12.8 Å². The maximum Gasteiger partial charge on any atom is 0.248 e. The number of amides is 1. The molecule has 5 nitrogen and oxygen atoms in total. The number of carbonyl (C=O) groups is 1. The second-order valence-corrected chi connectivity index (χ2v) is 5.90. The molecule has 1 aliphatic rings. The van der Waals surface area contributed by atoms with Crippen molar-refractivity contribution in [1.82, 2.24) is 10.2 Å². The molecule has 1 amide bonds. The van der Waals surface area contributed by atoms with Gasteiger partial charge in [-0.15, -0.1) is 24.0 Å². The van der Waals surface area contributed by atoms with E-state index in [0.29, 0.717) is 12.1 Å². The molecule has 0 aromatic heterocycles. The fourth-order valence-electron chi connectivity index (χ4n) is 2.59. The summed E-state index contributed by atoms with van der Waals surface area (Å²) in [6.07, 6.45) is 2.44. The highest BCUT2D eigenvalue weighted by Gasteiger charge is 2.18. The van der Waals surface area contributed by atoms with E-state index in [2.05, 4.69) is 24.1 Å². The summed E-state index contributed by atoms with van der Waals surface area (Å²) in [5, 5.41) is 3.37. The fourth-order valence-corrected chi connectivity index (χ4v) is 2.59. The van der Waals surface area contributed by atoms with Crippen molar-refractivity contribution in [2.75, 3.05) is 19.6 Å². The minimum atomic E-state index is -0.397. The van der Waals surface area contributed by atoms with Gasteiger partial charge in [0.1, 0.15) is 0 Å². The quantitative estimate of drug-likeness (QED) is 0.438. The van der Waals surface area contributed by atoms with Gasteiger partial charge in [0.2, 0.25) is 5.91 Å². The summed E-state index contributed by atoms with van der Waals surface area (Å²) in [7, 11) is 0. The summed E-state index contributed by atoms with van der Waals surface area (Å²) in [4.78, 5) is 18.1. The van der Waals surface area contributed by atoms with Gasteiger partial charge in [-0.1, -0.05) is 19.1 Å². The number of hydrogen-bond donors (Lipinski definition) is 2. The normalized spacial score (nSPS) is 15.9. The average molecular weight is 430 g/mol. The lowest BCUT2D eigenvalue weighted by Crippen LogP contribution is -2.45. The van der Waals surface area contributed by atoms with Crippen LogP contribution in [0.5, 0.6) is 0 Å². The van der Waals surface area contributed by atoms with Crippen LogP contribution in [0.2, 0.25) is 0 Å². The molecule has 1 aromatic rings. The van der Waals surface area contributed by atoms with Gasteiger partial charge in [0.25, 0.3) is 0 Å². The van der Waals surface area contributed by atoms with Gasteiger partial charge in [0, 0.05) is 25.2 Å². The Morgan fingerprint density at radius 3 is 2.43 bits per heavy atom. The van der Waals surface area contributed by atoms with Gasteiger partial charge < -0.3 is 16.0 Å². The lowest BCUT2D eigenvalue weighted by atomic mass is 10.00. The number of halogens is 1. The number of primary amides is 1. The molecule has 128 valence electrons. The third kappa shape index (κ3) is 6.01. The minimum absolute atomic E-state index is 0. The first-order valence-corrected chi connectivity index (χ1v) is 8.02. The molecule has 0 aliphatic carbocycles. The summed E-state index contributed by atoms with van der Waals surface area (Å²) in [6.45, 7) is 7.99. The molecule has 0 unspecified atom stereocenters. The summed E-state index contributed by atoms with van der Waals surface area (Å²) in [5.41, 5.74) is 6.86. The maximum atomic E-state index is 11.1. The van der Waals surface area contributed by atoms with Crippen LogP contribution in [-0.2, 0) is 6.54 Å². The number of rotatable bonds is 4. The predicted octanol–water partition coefficient (Wildman–Crippen LogP) is 2.60. The Morgan fingerprint density at radius 1 is 1.30 bits per heavy atom. The van der Waals surface area contributed by atoms with Crippen LogP contribution in [0.3, 0.4) is 0 Å². The highest BCUT2D eigenvalue weighted by Crippen LogP contribution is 2.16. The number of guanidine groups is 1. The molecule has 1 saturated heterocycles. The van der Waals surface area contributed by atoms with Crippen LogP contribution < -0.4 is 11.1 Å². The van der Waals surface area contributed by atoms with Crippen molar-refractivity contribution in [2.24, 2.45) is 16.6 Å². The molecule has 1 aromatic carbocycles. The van der Waals surface area contributed by atoms with Gasteiger partial charge in [-0.05, 0) is 43.4 Å². The van der Waals surface area contributed by atoms with Crippen molar-refractivity contribution in [3.8, 4) is 0 Å². The van der Waals surface area contributed by atoms with Crippen LogP contribution in [0.25, 0.3) is 0 Å². The Bertz CT molecular complexity index is 522. The molecular formula is C17H27IN4O. The molecule has 0 saturated carbocycles. The second kappa shape index (κ2) is 9.75. The molecule has 3 N–H and O–H groups in total. The zero-order valence-corrected chi connectivity index (χ0v) is 16.2. The number of nitrogens with one attached hydrogen (secondary N) is 1. The topological polar surface area (TPSA) is 70.7 Å². The number of carbonyl (C=O) groups excluding carboxylic acids is 1. The Kier molecular flexibility index (Phi) is 8.36. The van der Waals surface area contributed by atoms with E-state index < -0.39 is 5.91 Å². The van der Waals surface area contributed by atoms with E-state index in [9.17, 15) is 4.79 Å². The number of nitrogens with two attached hydrogens (primary N) is 1. The molecule has 0 bridgehead atoms. The van der Waals surface area contributed by atoms with E-state index in [0.717, 1.165) is 37.1 Å². The molecule has 0 atom stereocenters. The predicted molar refractivity (Wildman–Crippen MR) is 105 cm³/mol. The number of likely N-dealkylation sites (tertiary alicyclic amines) is 1.